The lowest BCUT2D eigenvalue weighted by Gasteiger charge is -2.09. The Labute approximate surface area is 148 Å². The number of benzene rings is 1. The number of nitrogens with zero attached hydrogens (tertiary/aromatic N) is 5. The highest BCUT2D eigenvalue weighted by molar-refractivity contribution is 5.72. The van der Waals surface area contributed by atoms with E-state index in [1.165, 1.54) is 10.7 Å². The number of hydrogen-bond donors (Lipinski definition) is 1. The van der Waals surface area contributed by atoms with E-state index in [2.05, 4.69) is 20.7 Å². The van der Waals surface area contributed by atoms with Gasteiger partial charge in [-0.1, -0.05) is 19.1 Å². The average Bonchev–Trinajstić information content (AvgIpc) is 3.30. The molecule has 10 heteroatoms. The van der Waals surface area contributed by atoms with E-state index in [1.54, 1.807) is 14.0 Å². The second kappa shape index (κ2) is 7.64. The minimum absolute atomic E-state index is 0.172. The van der Waals surface area contributed by atoms with Crippen LogP contribution in [0.4, 0.5) is 0 Å². The maximum Gasteiger partial charge on any atom is 0.328 e. The van der Waals surface area contributed by atoms with E-state index in [4.69, 9.17) is 14.0 Å². The number of methoxy groups -OCH3 is 1. The fourth-order valence-electron chi connectivity index (χ4n) is 2.33. The van der Waals surface area contributed by atoms with Gasteiger partial charge in [0.2, 0.25) is 11.6 Å². The molecule has 2 heterocycles. The van der Waals surface area contributed by atoms with Crippen LogP contribution in [-0.4, -0.2) is 43.5 Å². The Morgan fingerprint density at radius 1 is 1.35 bits per heavy atom. The Balaban J connectivity index is 1.72. The molecular weight excluding hydrogens is 342 g/mol. The van der Waals surface area contributed by atoms with Gasteiger partial charge in [0.15, 0.2) is 6.04 Å². The lowest BCUT2D eigenvalue weighted by molar-refractivity contribution is -0.141. The Hall–Kier alpha value is -3.43. The van der Waals surface area contributed by atoms with Crippen LogP contribution in [0.25, 0.3) is 11.6 Å². The van der Waals surface area contributed by atoms with Crippen molar-refractivity contribution in [1.82, 2.24) is 25.4 Å². The zero-order valence-corrected chi connectivity index (χ0v) is 14.2. The smallest absolute Gasteiger partial charge is 0.328 e. The second-order valence-electron chi connectivity index (χ2n) is 5.38. The third-order valence-corrected chi connectivity index (χ3v) is 3.71. The van der Waals surface area contributed by atoms with Gasteiger partial charge in [0, 0.05) is 0 Å². The van der Waals surface area contributed by atoms with Crippen molar-refractivity contribution in [2.75, 3.05) is 7.11 Å². The monoisotopic (exact) mass is 359 g/mol. The Morgan fingerprint density at radius 2 is 2.12 bits per heavy atom. The van der Waals surface area contributed by atoms with Gasteiger partial charge >= 0.3 is 5.97 Å². The summed E-state index contributed by atoms with van der Waals surface area (Å²) in [5.74, 6) is 0.365. The Morgan fingerprint density at radius 3 is 2.77 bits per heavy atom. The number of ether oxygens (including phenoxy) is 2. The zero-order valence-electron chi connectivity index (χ0n) is 14.2. The second-order valence-corrected chi connectivity index (χ2v) is 5.38. The van der Waals surface area contributed by atoms with E-state index in [1.807, 2.05) is 24.3 Å². The van der Waals surface area contributed by atoms with E-state index in [-0.39, 0.29) is 24.1 Å². The standard InChI is InChI=1S/C16H17N5O5/c1-3-12(16(22)23)21-15(17-19-20-21)13-8-14(18-26-13)25-9-10-4-6-11(24-2)7-5-10/h4-8,12H,3,9H2,1-2H3,(H,22,23). The zero-order chi connectivity index (χ0) is 18.5. The van der Waals surface area contributed by atoms with Crippen LogP contribution in [0.3, 0.4) is 0 Å². The summed E-state index contributed by atoms with van der Waals surface area (Å²) in [5, 5.41) is 24.2. The summed E-state index contributed by atoms with van der Waals surface area (Å²) in [6, 6.07) is 8.03. The molecule has 136 valence electrons. The summed E-state index contributed by atoms with van der Waals surface area (Å²) in [7, 11) is 1.60. The lowest BCUT2D eigenvalue weighted by atomic mass is 10.2. The van der Waals surface area contributed by atoms with Crippen LogP contribution < -0.4 is 9.47 Å². The summed E-state index contributed by atoms with van der Waals surface area (Å²) in [5.41, 5.74) is 0.928. The number of carboxylic acids is 1. The van der Waals surface area contributed by atoms with Crippen molar-refractivity contribution >= 4 is 5.97 Å². The molecule has 0 saturated carbocycles. The fourth-order valence-corrected chi connectivity index (χ4v) is 2.33. The molecule has 1 atom stereocenters. The van der Waals surface area contributed by atoms with Gasteiger partial charge in [-0.3, -0.25) is 0 Å². The summed E-state index contributed by atoms with van der Waals surface area (Å²) in [4.78, 5) is 11.3. The third-order valence-electron chi connectivity index (χ3n) is 3.71. The van der Waals surface area contributed by atoms with Crippen molar-refractivity contribution in [3.63, 3.8) is 0 Å². The molecule has 3 aromatic rings. The molecule has 0 saturated heterocycles. The molecule has 2 aromatic heterocycles. The SMILES string of the molecule is CCC(C(=O)O)n1nnnc1-c1cc(OCc2ccc(OC)cc2)no1. The summed E-state index contributed by atoms with van der Waals surface area (Å²) >= 11 is 0. The van der Waals surface area contributed by atoms with E-state index in [9.17, 15) is 9.90 Å². The topological polar surface area (TPSA) is 125 Å². The molecule has 0 aliphatic heterocycles. The first-order valence-electron chi connectivity index (χ1n) is 7.85. The number of carboxylic acid groups (broad SMARTS) is 1. The maximum atomic E-state index is 11.3. The van der Waals surface area contributed by atoms with Crippen LogP contribution in [0.15, 0.2) is 34.9 Å². The molecule has 1 aromatic carbocycles. The van der Waals surface area contributed by atoms with Gasteiger partial charge in [-0.15, -0.1) is 5.10 Å². The van der Waals surface area contributed by atoms with Crippen molar-refractivity contribution in [2.24, 2.45) is 0 Å². The third kappa shape index (κ3) is 3.63. The first-order chi connectivity index (χ1) is 12.6. The van der Waals surface area contributed by atoms with Crippen molar-refractivity contribution in [2.45, 2.75) is 26.0 Å². The van der Waals surface area contributed by atoms with Crippen molar-refractivity contribution in [3.8, 4) is 23.2 Å². The largest absolute Gasteiger partial charge is 0.497 e. The number of hydrogen-bond acceptors (Lipinski definition) is 8. The van der Waals surface area contributed by atoms with Crippen molar-refractivity contribution in [3.05, 3.63) is 35.9 Å². The molecule has 0 aliphatic carbocycles. The quantitative estimate of drug-likeness (QED) is 0.642. The molecule has 0 fully saturated rings. The van der Waals surface area contributed by atoms with Crippen LogP contribution >= 0.6 is 0 Å². The van der Waals surface area contributed by atoms with Crippen LogP contribution in [0.5, 0.6) is 11.6 Å². The molecule has 26 heavy (non-hydrogen) atoms. The maximum absolute atomic E-state index is 11.3. The summed E-state index contributed by atoms with van der Waals surface area (Å²) in [6.45, 7) is 2.02. The van der Waals surface area contributed by atoms with E-state index < -0.39 is 12.0 Å². The van der Waals surface area contributed by atoms with Gasteiger partial charge in [0.25, 0.3) is 5.88 Å². The molecule has 1 N–H and O–H groups in total. The normalized spacial score (nSPS) is 11.9. The number of carbonyl (C=O) groups is 1. The molecule has 0 amide bonds. The molecular formula is C16H17N5O5. The van der Waals surface area contributed by atoms with Gasteiger partial charge < -0.3 is 19.1 Å². The Bertz CT molecular complexity index is 873. The minimum Gasteiger partial charge on any atom is -0.497 e. The average molecular weight is 359 g/mol. The van der Waals surface area contributed by atoms with Gasteiger partial charge in [0.05, 0.1) is 13.2 Å². The van der Waals surface area contributed by atoms with Gasteiger partial charge in [-0.05, 0) is 39.7 Å². The van der Waals surface area contributed by atoms with E-state index in [0.717, 1.165) is 11.3 Å². The van der Waals surface area contributed by atoms with E-state index >= 15 is 0 Å². The predicted molar refractivity (Wildman–Crippen MR) is 87.6 cm³/mol. The van der Waals surface area contributed by atoms with Gasteiger partial charge in [-0.2, -0.15) is 0 Å². The van der Waals surface area contributed by atoms with Crippen LogP contribution in [0.2, 0.25) is 0 Å². The van der Waals surface area contributed by atoms with Crippen molar-refractivity contribution < 1.29 is 23.9 Å². The summed E-state index contributed by atoms with van der Waals surface area (Å²) < 4.78 is 17.1. The predicted octanol–water partition coefficient (Wildman–Crippen LogP) is 1.95. The number of aliphatic carboxylic acids is 1. The molecule has 0 spiro atoms. The van der Waals surface area contributed by atoms with E-state index in [0.29, 0.717) is 6.42 Å². The van der Waals surface area contributed by atoms with Gasteiger partial charge in [0.1, 0.15) is 12.4 Å². The van der Waals surface area contributed by atoms with Gasteiger partial charge in [-0.25, -0.2) is 9.48 Å². The highest BCUT2D eigenvalue weighted by Crippen LogP contribution is 2.25. The first-order valence-corrected chi connectivity index (χ1v) is 7.85. The first kappa shape index (κ1) is 17.4. The highest BCUT2D eigenvalue weighted by atomic mass is 16.5. The Kier molecular flexibility index (Phi) is 5.11. The molecule has 0 bridgehead atoms. The van der Waals surface area contributed by atoms with Crippen LogP contribution in [0.1, 0.15) is 24.9 Å². The van der Waals surface area contributed by atoms with Crippen LogP contribution in [-0.2, 0) is 11.4 Å². The number of aromatic nitrogens is 5. The minimum atomic E-state index is -1.03. The number of tetrazole rings is 1. The molecule has 10 nitrogen and oxygen atoms in total. The van der Waals surface area contributed by atoms with Crippen LogP contribution in [0, 0.1) is 0 Å². The molecule has 0 radical (unpaired) electrons. The molecule has 1 unspecified atom stereocenters. The fraction of sp³-hybridized carbons (Fsp3) is 0.312. The number of rotatable bonds is 8. The molecule has 0 aliphatic rings. The highest BCUT2D eigenvalue weighted by Gasteiger charge is 2.25. The summed E-state index contributed by atoms with van der Waals surface area (Å²) in [6.07, 6.45) is 0.322. The lowest BCUT2D eigenvalue weighted by Crippen LogP contribution is -2.20. The molecule has 3 rings (SSSR count). The van der Waals surface area contributed by atoms with Crippen molar-refractivity contribution in [1.29, 1.82) is 0 Å².